The van der Waals surface area contributed by atoms with E-state index in [-0.39, 0.29) is 5.56 Å². The monoisotopic (exact) mass is 371 g/mol. The lowest BCUT2D eigenvalue weighted by Gasteiger charge is -2.31. The Labute approximate surface area is 158 Å². The van der Waals surface area contributed by atoms with Crippen molar-refractivity contribution >= 4 is 5.91 Å². The number of halogens is 1. The first kappa shape index (κ1) is 18.1. The topological polar surface area (TPSA) is 76.2 Å². The second-order valence-corrected chi connectivity index (χ2v) is 7.46. The molecule has 2 aromatic rings. The molecule has 0 radical (unpaired) electrons. The molecule has 4 rings (SSSR count). The van der Waals surface area contributed by atoms with E-state index in [1.165, 1.54) is 31.6 Å². The van der Waals surface area contributed by atoms with Crippen molar-refractivity contribution in [3.8, 4) is 11.3 Å². The summed E-state index contributed by atoms with van der Waals surface area (Å²) in [5.74, 6) is 0.164. The van der Waals surface area contributed by atoms with Crippen LogP contribution in [0.15, 0.2) is 24.4 Å². The summed E-state index contributed by atoms with van der Waals surface area (Å²) in [6, 6.07) is 4.46. The highest BCUT2D eigenvalue weighted by Crippen LogP contribution is 2.29. The van der Waals surface area contributed by atoms with Gasteiger partial charge in [-0.3, -0.25) is 4.79 Å². The van der Waals surface area contributed by atoms with Crippen LogP contribution >= 0.6 is 0 Å². The molecule has 7 heteroatoms. The van der Waals surface area contributed by atoms with Crippen molar-refractivity contribution in [1.82, 2.24) is 19.8 Å². The zero-order valence-corrected chi connectivity index (χ0v) is 15.5. The van der Waals surface area contributed by atoms with Crippen LogP contribution in [0.25, 0.3) is 11.3 Å². The number of aromatic nitrogens is 2. The summed E-state index contributed by atoms with van der Waals surface area (Å²) in [5, 5.41) is 3.40. The molecule has 0 unspecified atom stereocenters. The fourth-order valence-electron chi connectivity index (χ4n) is 3.88. The Hall–Kier alpha value is -2.25. The average molecular weight is 371 g/mol. The number of amides is 1. The van der Waals surface area contributed by atoms with E-state index in [1.54, 1.807) is 6.07 Å². The van der Waals surface area contributed by atoms with Crippen LogP contribution in [-0.2, 0) is 6.54 Å². The Morgan fingerprint density at radius 3 is 2.70 bits per heavy atom. The predicted octanol–water partition coefficient (Wildman–Crippen LogP) is 1.96. The fraction of sp³-hybridized carbons (Fsp3) is 0.500. The van der Waals surface area contributed by atoms with E-state index in [0.29, 0.717) is 5.92 Å². The van der Waals surface area contributed by atoms with Gasteiger partial charge in [0.15, 0.2) is 0 Å². The minimum absolute atomic E-state index is 0.0916. The number of nitrogens with one attached hydrogen (secondary N) is 1. The van der Waals surface area contributed by atoms with Gasteiger partial charge in [-0.25, -0.2) is 9.37 Å². The summed E-state index contributed by atoms with van der Waals surface area (Å²) in [7, 11) is 0. The number of piperidine rings is 1. The third kappa shape index (κ3) is 3.89. The molecule has 27 heavy (non-hydrogen) atoms. The molecule has 0 spiro atoms. The lowest BCUT2D eigenvalue weighted by molar-refractivity contribution is 0.0996. The van der Waals surface area contributed by atoms with Crippen LogP contribution in [0.1, 0.15) is 41.4 Å². The lowest BCUT2D eigenvalue weighted by atomic mass is 9.97. The van der Waals surface area contributed by atoms with Gasteiger partial charge in [0.2, 0.25) is 0 Å². The Morgan fingerprint density at radius 2 is 2.04 bits per heavy atom. The van der Waals surface area contributed by atoms with Crippen LogP contribution in [0.3, 0.4) is 0 Å². The van der Waals surface area contributed by atoms with E-state index in [1.807, 2.05) is 6.20 Å². The predicted molar refractivity (Wildman–Crippen MR) is 102 cm³/mol. The first-order valence-corrected chi connectivity index (χ1v) is 9.71. The third-order valence-corrected chi connectivity index (χ3v) is 5.65. The zero-order chi connectivity index (χ0) is 18.8. The maximum atomic E-state index is 13.8. The van der Waals surface area contributed by atoms with Crippen LogP contribution in [0.4, 0.5) is 4.39 Å². The number of benzene rings is 1. The SMILES string of the molecule is NC(=O)c1cc(-c2cn(CCN3CCC3)c(C3CCNCC3)n2)ccc1F. The Morgan fingerprint density at radius 1 is 1.26 bits per heavy atom. The number of hydrogen-bond donors (Lipinski definition) is 2. The van der Waals surface area contributed by atoms with Crippen molar-refractivity contribution < 1.29 is 9.18 Å². The molecule has 0 aliphatic carbocycles. The molecule has 1 aromatic heterocycles. The maximum absolute atomic E-state index is 13.8. The molecule has 2 aliphatic heterocycles. The second kappa shape index (κ2) is 7.78. The summed E-state index contributed by atoms with van der Waals surface area (Å²) in [5.41, 5.74) is 6.71. The largest absolute Gasteiger partial charge is 0.366 e. The molecule has 3 N–H and O–H groups in total. The van der Waals surface area contributed by atoms with Gasteiger partial charge in [0.25, 0.3) is 5.91 Å². The minimum Gasteiger partial charge on any atom is -0.366 e. The number of rotatable bonds is 6. The number of primary amides is 1. The van der Waals surface area contributed by atoms with Gasteiger partial charge < -0.3 is 20.5 Å². The zero-order valence-electron chi connectivity index (χ0n) is 15.5. The molecule has 2 fully saturated rings. The van der Waals surface area contributed by atoms with E-state index in [9.17, 15) is 9.18 Å². The van der Waals surface area contributed by atoms with Gasteiger partial charge in [-0.15, -0.1) is 0 Å². The molecule has 6 nitrogen and oxygen atoms in total. The lowest BCUT2D eigenvalue weighted by Crippen LogP contribution is -2.39. The Balaban J connectivity index is 1.65. The average Bonchev–Trinajstić information content (AvgIpc) is 3.05. The summed E-state index contributed by atoms with van der Waals surface area (Å²) in [6.45, 7) is 6.26. The standard InChI is InChI=1S/C20H26FN5O/c21-17-3-2-15(12-16(17)19(22)27)18-13-26(11-10-25-8-1-9-25)20(24-18)14-4-6-23-7-5-14/h2-3,12-14,23H,1,4-11H2,(H2,22,27). The van der Waals surface area contributed by atoms with Gasteiger partial charge in [-0.05, 0) is 63.6 Å². The van der Waals surface area contributed by atoms with E-state index in [4.69, 9.17) is 10.7 Å². The Kier molecular flexibility index (Phi) is 5.22. The van der Waals surface area contributed by atoms with Crippen LogP contribution in [0.2, 0.25) is 0 Å². The molecule has 0 saturated carbocycles. The quantitative estimate of drug-likeness (QED) is 0.814. The van der Waals surface area contributed by atoms with Crippen LogP contribution < -0.4 is 11.1 Å². The third-order valence-electron chi connectivity index (χ3n) is 5.65. The van der Waals surface area contributed by atoms with E-state index < -0.39 is 11.7 Å². The molecular weight excluding hydrogens is 345 g/mol. The van der Waals surface area contributed by atoms with Crippen molar-refractivity contribution in [3.63, 3.8) is 0 Å². The summed E-state index contributed by atoms with van der Waals surface area (Å²) < 4.78 is 16.1. The van der Waals surface area contributed by atoms with Gasteiger partial charge in [0.1, 0.15) is 11.6 Å². The number of carbonyl (C=O) groups is 1. The fourth-order valence-corrected chi connectivity index (χ4v) is 3.88. The first-order chi connectivity index (χ1) is 13.1. The molecule has 1 amide bonds. The molecule has 144 valence electrons. The molecule has 0 atom stereocenters. The van der Waals surface area contributed by atoms with Gasteiger partial charge in [0, 0.05) is 30.8 Å². The summed E-state index contributed by atoms with van der Waals surface area (Å²) in [4.78, 5) is 18.8. The summed E-state index contributed by atoms with van der Waals surface area (Å²) in [6.07, 6.45) is 5.45. The second-order valence-electron chi connectivity index (χ2n) is 7.46. The maximum Gasteiger partial charge on any atom is 0.251 e. The van der Waals surface area contributed by atoms with E-state index >= 15 is 0 Å². The Bertz CT molecular complexity index is 824. The number of hydrogen-bond acceptors (Lipinski definition) is 4. The number of nitrogens with zero attached hydrogens (tertiary/aromatic N) is 3. The van der Waals surface area contributed by atoms with Crippen molar-refractivity contribution in [2.75, 3.05) is 32.7 Å². The van der Waals surface area contributed by atoms with Crippen molar-refractivity contribution in [2.24, 2.45) is 5.73 Å². The molecule has 2 aliphatic rings. The van der Waals surface area contributed by atoms with Gasteiger partial charge in [-0.1, -0.05) is 0 Å². The molecule has 0 bridgehead atoms. The van der Waals surface area contributed by atoms with Crippen LogP contribution in [-0.4, -0.2) is 53.1 Å². The molecule has 2 saturated heterocycles. The molecule has 3 heterocycles. The normalized spacial score (nSPS) is 18.4. The van der Waals surface area contributed by atoms with Gasteiger partial charge in [0.05, 0.1) is 11.3 Å². The molecule has 1 aromatic carbocycles. The first-order valence-electron chi connectivity index (χ1n) is 9.71. The van der Waals surface area contributed by atoms with Gasteiger partial charge in [-0.2, -0.15) is 0 Å². The van der Waals surface area contributed by atoms with Crippen LogP contribution in [0, 0.1) is 5.82 Å². The van der Waals surface area contributed by atoms with Crippen molar-refractivity contribution in [2.45, 2.75) is 31.7 Å². The van der Waals surface area contributed by atoms with Crippen molar-refractivity contribution in [3.05, 3.63) is 41.6 Å². The number of likely N-dealkylation sites (tertiary alicyclic amines) is 1. The molecular formula is C20H26FN5O. The number of imidazole rings is 1. The van der Waals surface area contributed by atoms with E-state index in [0.717, 1.165) is 56.1 Å². The number of nitrogens with two attached hydrogens (primary N) is 1. The summed E-state index contributed by atoms with van der Waals surface area (Å²) >= 11 is 0. The highest BCUT2D eigenvalue weighted by molar-refractivity contribution is 5.94. The van der Waals surface area contributed by atoms with Gasteiger partial charge >= 0.3 is 0 Å². The minimum atomic E-state index is -0.759. The van der Waals surface area contributed by atoms with Crippen molar-refractivity contribution in [1.29, 1.82) is 0 Å². The highest BCUT2D eigenvalue weighted by Gasteiger charge is 2.23. The number of carbonyl (C=O) groups excluding carboxylic acids is 1. The van der Waals surface area contributed by atoms with E-state index in [2.05, 4.69) is 14.8 Å². The van der Waals surface area contributed by atoms with Crippen LogP contribution in [0.5, 0.6) is 0 Å². The highest BCUT2D eigenvalue weighted by atomic mass is 19.1. The smallest absolute Gasteiger partial charge is 0.251 e.